The van der Waals surface area contributed by atoms with Crippen LogP contribution in [0.4, 0.5) is 0 Å². The molecule has 39 heavy (non-hydrogen) atoms. The van der Waals surface area contributed by atoms with E-state index < -0.39 is 103 Å². The third kappa shape index (κ3) is 3.48. The van der Waals surface area contributed by atoms with Gasteiger partial charge in [0.05, 0.1) is 23.3 Å². The van der Waals surface area contributed by atoms with Gasteiger partial charge in [-0.05, 0) is 79.1 Å². The van der Waals surface area contributed by atoms with Gasteiger partial charge in [-0.1, -0.05) is 121 Å². The zero-order valence-corrected chi connectivity index (χ0v) is 19.9. The second-order valence-corrected chi connectivity index (χ2v) is 8.78. The van der Waals surface area contributed by atoms with Gasteiger partial charge in [-0.25, -0.2) is 0 Å². The summed E-state index contributed by atoms with van der Waals surface area (Å²) in [5.74, 6) is 0. The van der Waals surface area contributed by atoms with E-state index in [0.29, 0.717) is 5.56 Å². The Morgan fingerprint density at radius 2 is 1.05 bits per heavy atom. The summed E-state index contributed by atoms with van der Waals surface area (Å²) in [6.45, 7) is 0. The maximum absolute atomic E-state index is 9.52. The first-order valence-electron chi connectivity index (χ1n) is 20.5. The highest BCUT2D eigenvalue weighted by molar-refractivity contribution is 6.22. The number of hydrogen-bond donors (Lipinski definition) is 0. The molecule has 1 heteroatoms. The van der Waals surface area contributed by atoms with Crippen LogP contribution in [0.5, 0.6) is 0 Å². The molecular weight excluding hydrogens is 472 g/mol. The smallest absolute Gasteiger partial charge is 0.136 e. The Morgan fingerprint density at radius 1 is 0.385 bits per heavy atom. The lowest BCUT2D eigenvalue weighted by Crippen LogP contribution is -1.90. The van der Waals surface area contributed by atoms with E-state index in [2.05, 4.69) is 0 Å². The van der Waals surface area contributed by atoms with Crippen LogP contribution in [0.2, 0.25) is 0 Å². The Kier molecular flexibility index (Phi) is 2.44. The van der Waals surface area contributed by atoms with Gasteiger partial charge in [0.15, 0.2) is 0 Å². The van der Waals surface area contributed by atoms with Crippen molar-refractivity contribution in [2.75, 3.05) is 0 Å². The van der Waals surface area contributed by atoms with Crippen LogP contribution in [0, 0.1) is 0 Å². The fourth-order valence-electron chi connectivity index (χ4n) is 4.91. The van der Waals surface area contributed by atoms with E-state index in [-0.39, 0.29) is 71.3 Å². The van der Waals surface area contributed by atoms with Gasteiger partial charge in [0.1, 0.15) is 11.2 Å². The van der Waals surface area contributed by atoms with Crippen molar-refractivity contribution in [2.24, 2.45) is 0 Å². The summed E-state index contributed by atoms with van der Waals surface area (Å²) >= 11 is 0. The van der Waals surface area contributed by atoms with Crippen LogP contribution in [0.15, 0.2) is 150 Å². The summed E-state index contributed by atoms with van der Waals surface area (Å²) in [5.41, 5.74) is -1.28. The third-order valence-electron chi connectivity index (χ3n) is 6.60. The fourth-order valence-corrected chi connectivity index (χ4v) is 4.91. The first kappa shape index (κ1) is 10.9. The SMILES string of the molecule is [2H]c1cc(-c2c([2H])c([2H])c3oc4c([2H])c(-c5c6c([2H])c([2H])c([2H])c([2H])c6c(-c6ccccc6)c6c([2H])c([2H])c([2H])c([2H])c56)c([2H])cc4c3c2[2H])c([2H])c([2H])c1[2H]. The van der Waals surface area contributed by atoms with Crippen LogP contribution < -0.4 is 0 Å². The van der Waals surface area contributed by atoms with Crippen LogP contribution in [0.3, 0.4) is 0 Å². The quantitative estimate of drug-likeness (QED) is 0.214. The van der Waals surface area contributed by atoms with Crippen molar-refractivity contribution < 1.29 is 27.7 Å². The number of furan rings is 1. The molecule has 0 unspecified atom stereocenters. The second-order valence-electron chi connectivity index (χ2n) is 8.78. The zero-order valence-electron chi connectivity index (χ0n) is 36.9. The molecule has 0 aliphatic rings. The fraction of sp³-hybridized carbons (Fsp3) is 0. The summed E-state index contributed by atoms with van der Waals surface area (Å²) in [5, 5.41) is -0.845. The van der Waals surface area contributed by atoms with Crippen molar-refractivity contribution in [3.63, 3.8) is 0 Å². The standard InChI is InChI=1S/C38H24O/c1-3-11-25(12-4-1)27-20-22-35-34(23-27)29-21-19-28(24-36(29)39-35)38-32-17-9-7-15-30(32)37(26-13-5-2-6-14-26)31-16-8-10-18-33(31)38/h1-24H/i1D,3D,4D,7D,8D,9D,10D,11D,15D,16D,17D,18D,19D,20D,22D,23D,24D. The normalized spacial score (nSPS) is 17.7. The van der Waals surface area contributed by atoms with Gasteiger partial charge in [-0.3, -0.25) is 0 Å². The minimum atomic E-state index is -0.669. The Hall–Kier alpha value is -5.14. The average Bonchev–Trinajstić information content (AvgIpc) is 3.57. The van der Waals surface area contributed by atoms with Crippen molar-refractivity contribution in [3.05, 3.63) is 145 Å². The molecule has 182 valence electrons. The molecule has 1 nitrogen and oxygen atoms in total. The summed E-state index contributed by atoms with van der Waals surface area (Å²) in [4.78, 5) is 0. The van der Waals surface area contributed by atoms with E-state index in [4.69, 9.17) is 25.0 Å². The predicted molar refractivity (Wildman–Crippen MR) is 165 cm³/mol. The molecule has 0 saturated heterocycles. The molecule has 8 aromatic rings. The molecule has 0 N–H and O–H groups in total. The topological polar surface area (TPSA) is 13.1 Å². The first-order valence-corrected chi connectivity index (χ1v) is 12.0. The van der Waals surface area contributed by atoms with Crippen LogP contribution in [-0.4, -0.2) is 0 Å². The highest BCUT2D eigenvalue weighted by atomic mass is 16.3. The highest BCUT2D eigenvalue weighted by Crippen LogP contribution is 2.44. The van der Waals surface area contributed by atoms with Gasteiger partial charge in [0, 0.05) is 10.8 Å². The van der Waals surface area contributed by atoms with Crippen LogP contribution in [0.25, 0.3) is 76.9 Å². The molecule has 0 amide bonds. The number of rotatable bonds is 3. The van der Waals surface area contributed by atoms with Gasteiger partial charge >= 0.3 is 0 Å². The van der Waals surface area contributed by atoms with E-state index in [1.54, 1.807) is 30.3 Å². The van der Waals surface area contributed by atoms with E-state index in [9.17, 15) is 2.74 Å². The van der Waals surface area contributed by atoms with Gasteiger partial charge in [0.25, 0.3) is 0 Å². The van der Waals surface area contributed by atoms with Crippen molar-refractivity contribution in [1.82, 2.24) is 0 Å². The summed E-state index contributed by atoms with van der Waals surface area (Å²) in [6.07, 6.45) is 0. The molecule has 0 fully saturated rings. The molecule has 0 aliphatic carbocycles. The van der Waals surface area contributed by atoms with Crippen molar-refractivity contribution in [2.45, 2.75) is 0 Å². The molecule has 0 spiro atoms. The monoisotopic (exact) mass is 513 g/mol. The van der Waals surface area contributed by atoms with Crippen molar-refractivity contribution >= 4 is 43.5 Å². The van der Waals surface area contributed by atoms with Crippen molar-refractivity contribution in [3.8, 4) is 33.4 Å². The molecule has 1 heterocycles. The van der Waals surface area contributed by atoms with E-state index in [0.717, 1.165) is 6.07 Å². The molecule has 8 rings (SSSR count). The van der Waals surface area contributed by atoms with Gasteiger partial charge < -0.3 is 4.42 Å². The van der Waals surface area contributed by atoms with Gasteiger partial charge in [-0.2, -0.15) is 0 Å². The van der Waals surface area contributed by atoms with E-state index in [1.165, 1.54) is 6.07 Å². The summed E-state index contributed by atoms with van der Waals surface area (Å²) in [7, 11) is 0. The minimum Gasteiger partial charge on any atom is -0.456 e. The second kappa shape index (κ2) is 8.72. The Balaban J connectivity index is 1.60. The van der Waals surface area contributed by atoms with E-state index >= 15 is 0 Å². The number of benzene rings is 7. The maximum atomic E-state index is 9.52. The predicted octanol–water partition coefficient (Wildman–Crippen LogP) is 10.9. The highest BCUT2D eigenvalue weighted by Gasteiger charge is 2.17. The van der Waals surface area contributed by atoms with Crippen LogP contribution in [0.1, 0.15) is 23.3 Å². The lowest BCUT2D eigenvalue weighted by molar-refractivity contribution is 0.669. The van der Waals surface area contributed by atoms with E-state index in [1.807, 2.05) is 0 Å². The van der Waals surface area contributed by atoms with Crippen LogP contribution in [-0.2, 0) is 0 Å². The minimum absolute atomic E-state index is 0.0438. The largest absolute Gasteiger partial charge is 0.456 e. The zero-order chi connectivity index (χ0) is 40.6. The maximum Gasteiger partial charge on any atom is 0.136 e. The Morgan fingerprint density at radius 3 is 1.77 bits per heavy atom. The Labute approximate surface area is 250 Å². The molecule has 0 aliphatic heterocycles. The number of fused-ring (bicyclic) bond motifs is 5. The lowest BCUT2D eigenvalue weighted by Gasteiger charge is -2.17. The molecule has 0 bridgehead atoms. The summed E-state index contributed by atoms with van der Waals surface area (Å²) in [6, 6.07) is 0.942. The molecular formula is C38H24O. The average molecular weight is 514 g/mol. The van der Waals surface area contributed by atoms with Crippen LogP contribution >= 0.6 is 0 Å². The molecule has 7 aromatic carbocycles. The molecule has 1 aromatic heterocycles. The first-order chi connectivity index (χ1) is 26.4. The van der Waals surface area contributed by atoms with Gasteiger partial charge in [0.2, 0.25) is 0 Å². The van der Waals surface area contributed by atoms with Crippen molar-refractivity contribution in [1.29, 1.82) is 0 Å². The van der Waals surface area contributed by atoms with Gasteiger partial charge in [-0.15, -0.1) is 0 Å². The number of hydrogen-bond acceptors (Lipinski definition) is 1. The molecule has 0 saturated carbocycles. The molecule has 0 radical (unpaired) electrons. The third-order valence-corrected chi connectivity index (χ3v) is 6.60. The summed E-state index contributed by atoms with van der Waals surface area (Å²) < 4.78 is 155. The lowest BCUT2D eigenvalue weighted by atomic mass is 9.86. The Bertz CT molecular complexity index is 3020. The molecule has 0 atom stereocenters.